The van der Waals surface area contributed by atoms with E-state index in [-0.39, 0.29) is 43.3 Å². The van der Waals surface area contributed by atoms with Crippen LogP contribution in [0, 0.1) is 5.41 Å². The summed E-state index contributed by atoms with van der Waals surface area (Å²) in [5.41, 5.74) is -0.912. The van der Waals surface area contributed by atoms with E-state index in [0.29, 0.717) is 51.0 Å². The van der Waals surface area contributed by atoms with Gasteiger partial charge in [-0.25, -0.2) is 8.78 Å². The predicted molar refractivity (Wildman–Crippen MR) is 307 cm³/mol. The number of hydrogen-bond acceptors (Lipinski definition) is 19. The molecule has 0 aromatic heterocycles. The fourth-order valence-corrected chi connectivity index (χ4v) is 9.32. The van der Waals surface area contributed by atoms with Gasteiger partial charge in [-0.05, 0) is 179 Å². The highest BCUT2D eigenvalue weighted by atomic mass is 19.1. The number of nitrogens with zero attached hydrogens (tertiary/aromatic N) is 5. The van der Waals surface area contributed by atoms with Crippen LogP contribution < -0.4 is 0 Å². The van der Waals surface area contributed by atoms with Gasteiger partial charge in [-0.3, -0.25) is 4.79 Å². The summed E-state index contributed by atoms with van der Waals surface area (Å²) in [5.74, 6) is -0.868. The van der Waals surface area contributed by atoms with Crippen LogP contribution in [0.5, 0.6) is 0 Å². The average molecular weight is 1170 g/mol. The number of carboxylic acid groups (broad SMARTS) is 1. The lowest BCUT2D eigenvalue weighted by atomic mass is 9.79. The molecule has 5 fully saturated rings. The Balaban J connectivity index is 0. The Morgan fingerprint density at radius 1 is 0.469 bits per heavy atom. The van der Waals surface area contributed by atoms with Crippen LogP contribution >= 0.6 is 0 Å². The maximum absolute atomic E-state index is 13.1. The van der Waals surface area contributed by atoms with Gasteiger partial charge in [0.1, 0.15) is 12.3 Å². The molecule has 5 heterocycles. The predicted octanol–water partition coefficient (Wildman–Crippen LogP) is 5.75. The second-order valence-electron chi connectivity index (χ2n) is 22.9. The molecule has 0 bridgehead atoms. The number of likely N-dealkylation sites (tertiary alicyclic amines) is 5. The van der Waals surface area contributed by atoms with Crippen molar-refractivity contribution < 1.29 is 82.0 Å². The van der Waals surface area contributed by atoms with E-state index in [0.717, 1.165) is 137 Å². The van der Waals surface area contributed by atoms with E-state index in [9.17, 15) is 34.0 Å². The van der Waals surface area contributed by atoms with E-state index in [2.05, 4.69) is 52.2 Å². The first-order valence-corrected chi connectivity index (χ1v) is 30.3. The molecule has 5 rings (SSSR count). The van der Waals surface area contributed by atoms with Crippen LogP contribution in [0.1, 0.15) is 159 Å². The number of carbonyl (C=O) groups is 1. The normalized spacial score (nSPS) is 22.0. The van der Waals surface area contributed by atoms with E-state index in [1.165, 1.54) is 45.3 Å². The number of aliphatic carboxylic acids is 1. The van der Waals surface area contributed by atoms with Gasteiger partial charge in [-0.1, -0.05) is 6.42 Å². The smallest absolute Gasteiger partial charge is 0.373 e. The number of ether oxygens (including phenoxy) is 5. The number of aliphatic hydroxyl groups is 4. The van der Waals surface area contributed by atoms with Gasteiger partial charge in [0.2, 0.25) is 0 Å². The highest BCUT2D eigenvalue weighted by Gasteiger charge is 2.41. The standard InChI is InChI=1S/C13H25NO4.2C11H22FNO2.C11H23NO2.C11H23NO.2CO2/c1-11(2)18-9-3-6-14-7-4-13(10-15,5-8-14)12(16)17;2*1-9(2)15-7-3-5-13-6-4-11(14)10(12)8-13;1-10(2)14-9-3-6-12-7-4-11(13)5-8-12;1-11(2)13-10-6-9-12-7-4-3-5-8-12;2*2-1-3/h11,15H,3-10H2,1-2H3,(H,16,17);2*9-11,14H,3-8H2,1-2H3;10-11,13H,3-9H2,1-2H3;11H,3-10H2,1-2H3;;/t;10-,11+;10-,11-;;;;/m.10..../s1. The van der Waals surface area contributed by atoms with Crippen molar-refractivity contribution in [1.82, 2.24) is 24.5 Å². The molecule has 4 atom stereocenters. The molecule has 0 amide bonds. The molecule has 81 heavy (non-hydrogen) atoms. The number of rotatable bonds is 27. The summed E-state index contributed by atoms with van der Waals surface area (Å²) in [6.45, 7) is 37.6. The number of carbonyl (C=O) groups excluding carboxylic acids is 4. The Morgan fingerprint density at radius 3 is 1.01 bits per heavy atom. The minimum atomic E-state index is -1.08. The van der Waals surface area contributed by atoms with E-state index in [1.807, 2.05) is 41.5 Å². The summed E-state index contributed by atoms with van der Waals surface area (Å²) in [5, 5.41) is 46.2. The molecule has 22 heteroatoms. The van der Waals surface area contributed by atoms with Gasteiger partial charge >= 0.3 is 18.3 Å². The van der Waals surface area contributed by atoms with E-state index < -0.39 is 35.9 Å². The number of carboxylic acids is 1. The lowest BCUT2D eigenvalue weighted by molar-refractivity contribution is -0.193. The Kier molecular flexibility index (Phi) is 51.6. The number of piperidine rings is 5. The van der Waals surface area contributed by atoms with Crippen LogP contribution in [0.3, 0.4) is 0 Å². The van der Waals surface area contributed by atoms with Crippen molar-refractivity contribution in [2.24, 2.45) is 5.41 Å². The lowest BCUT2D eigenvalue weighted by Gasteiger charge is -2.37. The van der Waals surface area contributed by atoms with Crippen molar-refractivity contribution in [2.45, 2.75) is 220 Å². The van der Waals surface area contributed by atoms with E-state index in [1.54, 1.807) is 0 Å². The zero-order valence-electron chi connectivity index (χ0n) is 51.8. The molecular weight excluding hydrogens is 1060 g/mol. The maximum atomic E-state index is 13.1. The summed E-state index contributed by atoms with van der Waals surface area (Å²) >= 11 is 0. The molecule has 0 spiro atoms. The van der Waals surface area contributed by atoms with Crippen molar-refractivity contribution in [1.29, 1.82) is 0 Å². The van der Waals surface area contributed by atoms with Crippen LogP contribution in [-0.4, -0.2) is 267 Å². The van der Waals surface area contributed by atoms with Gasteiger partial charge < -0.3 is 73.7 Å². The molecule has 5 aliphatic heterocycles. The molecule has 5 aliphatic rings. The first-order valence-electron chi connectivity index (χ1n) is 30.3. The molecule has 0 aromatic carbocycles. The monoisotopic (exact) mass is 1170 g/mol. The SMILES string of the molecule is CC(C)OCCCN1CCC(CO)(C(=O)O)CC1.CC(C)OCCCN1CCC(O)CC1.CC(C)OCCCN1CCCCC1.CC(C)OCCCN1CC[C@H](O)[C@@H](F)C1.CC(C)OCCCN1CC[C@H](O)[C@H](F)C1.O=C=O.O=C=O. The van der Waals surface area contributed by atoms with Gasteiger partial charge in [0.15, 0.2) is 0 Å². The molecular formula is C59H115F2N5O15. The first-order chi connectivity index (χ1) is 38.5. The Labute approximate surface area is 486 Å². The molecule has 480 valence electrons. The van der Waals surface area contributed by atoms with Crippen molar-refractivity contribution >= 4 is 18.3 Å². The summed E-state index contributed by atoms with van der Waals surface area (Å²) in [6, 6.07) is 0. The third-order valence-corrected chi connectivity index (χ3v) is 14.1. The minimum Gasteiger partial charge on any atom is -0.481 e. The number of halogens is 2. The fourth-order valence-electron chi connectivity index (χ4n) is 9.32. The molecule has 20 nitrogen and oxygen atoms in total. The molecule has 0 saturated carbocycles. The second kappa shape index (κ2) is 51.9. The zero-order valence-corrected chi connectivity index (χ0v) is 51.8. The van der Waals surface area contributed by atoms with Gasteiger partial charge in [-0.2, -0.15) is 19.2 Å². The molecule has 0 unspecified atom stereocenters. The Morgan fingerprint density at radius 2 is 0.741 bits per heavy atom. The van der Waals surface area contributed by atoms with Gasteiger partial charge in [-0.15, -0.1) is 0 Å². The van der Waals surface area contributed by atoms with Crippen molar-refractivity contribution in [3.05, 3.63) is 0 Å². The average Bonchev–Trinajstić information content (AvgIpc) is 3.42. The molecule has 0 radical (unpaired) electrons. The van der Waals surface area contributed by atoms with Crippen molar-refractivity contribution in [2.75, 3.05) is 138 Å². The third kappa shape index (κ3) is 46.5. The molecule has 5 N–H and O–H groups in total. The summed E-state index contributed by atoms with van der Waals surface area (Å²) < 4.78 is 53.6. The number of aliphatic hydroxyl groups excluding tert-OH is 4. The molecule has 0 aromatic rings. The highest BCUT2D eigenvalue weighted by molar-refractivity contribution is 5.75. The zero-order chi connectivity index (χ0) is 61.4. The Bertz CT molecular complexity index is 1460. The fraction of sp³-hybridized carbons (Fsp3) is 0.949. The topological polar surface area (TPSA) is 249 Å². The van der Waals surface area contributed by atoms with E-state index >= 15 is 0 Å². The number of hydrogen-bond donors (Lipinski definition) is 5. The van der Waals surface area contributed by atoms with Crippen LogP contribution in [0.2, 0.25) is 0 Å². The second-order valence-corrected chi connectivity index (χ2v) is 22.9. The lowest BCUT2D eigenvalue weighted by Crippen LogP contribution is -2.46. The minimum absolute atomic E-state index is 0.0573. The van der Waals surface area contributed by atoms with Gasteiger partial charge in [0.05, 0.1) is 60.9 Å². The third-order valence-electron chi connectivity index (χ3n) is 14.1. The van der Waals surface area contributed by atoms with E-state index in [4.69, 9.17) is 48.0 Å². The van der Waals surface area contributed by atoms with Crippen LogP contribution in [0.15, 0.2) is 0 Å². The largest absolute Gasteiger partial charge is 0.481 e. The van der Waals surface area contributed by atoms with Gasteiger partial charge in [0, 0.05) is 105 Å². The van der Waals surface area contributed by atoms with Crippen LogP contribution in [0.25, 0.3) is 0 Å². The van der Waals surface area contributed by atoms with Crippen molar-refractivity contribution in [3.63, 3.8) is 0 Å². The highest BCUT2D eigenvalue weighted by Crippen LogP contribution is 2.31. The van der Waals surface area contributed by atoms with Crippen LogP contribution in [-0.2, 0) is 47.7 Å². The quantitative estimate of drug-likeness (QED) is 0.0614. The molecule has 5 saturated heterocycles. The Hall–Kier alpha value is -2.47. The summed E-state index contributed by atoms with van der Waals surface area (Å²) in [6.07, 6.45) is 11.7. The summed E-state index contributed by atoms with van der Waals surface area (Å²) in [7, 11) is 0. The first kappa shape index (κ1) is 80.6. The number of alkyl halides is 2. The van der Waals surface area contributed by atoms with Crippen LogP contribution in [0.4, 0.5) is 8.78 Å². The molecule has 0 aliphatic carbocycles. The maximum Gasteiger partial charge on any atom is 0.373 e. The van der Waals surface area contributed by atoms with Gasteiger partial charge in [0.25, 0.3) is 0 Å². The summed E-state index contributed by atoms with van der Waals surface area (Å²) in [4.78, 5) is 55.0. The van der Waals surface area contributed by atoms with Crippen molar-refractivity contribution in [3.8, 4) is 0 Å².